The van der Waals surface area contributed by atoms with Gasteiger partial charge in [-0.3, -0.25) is 0 Å². The molecular weight excluding hydrogens is 372 g/mol. The normalized spacial score (nSPS) is 11.4. The van der Waals surface area contributed by atoms with Crippen LogP contribution in [0.15, 0.2) is 61.2 Å². The van der Waals surface area contributed by atoms with Crippen molar-refractivity contribution in [3.63, 3.8) is 0 Å². The molecule has 0 bridgehead atoms. The van der Waals surface area contributed by atoms with Crippen LogP contribution < -0.4 is 9.47 Å². The molecule has 0 aliphatic carbocycles. The van der Waals surface area contributed by atoms with Gasteiger partial charge in [0.25, 0.3) is 0 Å². The third-order valence-electron chi connectivity index (χ3n) is 4.10. The fourth-order valence-corrected chi connectivity index (χ4v) is 2.48. The standard InChI is InChI=1S/C23H26O6/c1-4-6-7-16-27-23(29-21(24)5-2)18-10-8-17(9-11-18)22(25)28-20-14-12-19(26-3)13-15-20/h5,8-15,23H,2,4,6-7,16H2,1,3H3. The van der Waals surface area contributed by atoms with Gasteiger partial charge in [-0.05, 0) is 42.8 Å². The van der Waals surface area contributed by atoms with Crippen molar-refractivity contribution in [1.29, 1.82) is 0 Å². The quantitative estimate of drug-likeness (QED) is 0.177. The molecule has 2 rings (SSSR count). The lowest BCUT2D eigenvalue weighted by molar-refractivity contribution is -0.175. The van der Waals surface area contributed by atoms with Crippen LogP contribution in [0, 0.1) is 0 Å². The van der Waals surface area contributed by atoms with Crippen LogP contribution in [0.1, 0.15) is 48.4 Å². The Hall–Kier alpha value is -3.12. The van der Waals surface area contributed by atoms with Gasteiger partial charge < -0.3 is 18.9 Å². The van der Waals surface area contributed by atoms with E-state index in [2.05, 4.69) is 13.5 Å². The van der Waals surface area contributed by atoms with E-state index in [1.165, 1.54) is 0 Å². The fourth-order valence-electron chi connectivity index (χ4n) is 2.48. The first-order valence-corrected chi connectivity index (χ1v) is 9.48. The molecule has 0 saturated heterocycles. The Balaban J connectivity index is 2.04. The number of esters is 2. The van der Waals surface area contributed by atoms with Crippen molar-refractivity contribution >= 4 is 11.9 Å². The molecule has 0 aliphatic rings. The maximum atomic E-state index is 12.3. The molecule has 6 heteroatoms. The third-order valence-corrected chi connectivity index (χ3v) is 4.10. The number of ether oxygens (including phenoxy) is 4. The number of methoxy groups -OCH3 is 1. The summed E-state index contributed by atoms with van der Waals surface area (Å²) in [7, 11) is 1.57. The first kappa shape index (κ1) is 22.2. The van der Waals surface area contributed by atoms with Gasteiger partial charge in [0.15, 0.2) is 0 Å². The summed E-state index contributed by atoms with van der Waals surface area (Å²) in [6, 6.07) is 13.3. The maximum absolute atomic E-state index is 12.3. The summed E-state index contributed by atoms with van der Waals surface area (Å²) in [5.74, 6) is 0.0174. The molecule has 2 aromatic carbocycles. The predicted octanol–water partition coefficient (Wildman–Crippen LogP) is 4.85. The van der Waals surface area contributed by atoms with Crippen LogP contribution in [0.2, 0.25) is 0 Å². The highest BCUT2D eigenvalue weighted by atomic mass is 16.7. The molecule has 0 heterocycles. The number of carbonyl (C=O) groups is 2. The van der Waals surface area contributed by atoms with E-state index in [4.69, 9.17) is 18.9 Å². The SMILES string of the molecule is C=CC(=O)OC(OCCCCC)c1ccc(C(=O)Oc2ccc(OC)cc2)cc1. The van der Waals surface area contributed by atoms with Crippen LogP contribution >= 0.6 is 0 Å². The van der Waals surface area contributed by atoms with Crippen molar-refractivity contribution < 1.29 is 28.5 Å². The topological polar surface area (TPSA) is 71.1 Å². The zero-order chi connectivity index (χ0) is 21.1. The van der Waals surface area contributed by atoms with Crippen molar-refractivity contribution in [1.82, 2.24) is 0 Å². The van der Waals surface area contributed by atoms with Crippen molar-refractivity contribution in [3.8, 4) is 11.5 Å². The molecule has 1 unspecified atom stereocenters. The van der Waals surface area contributed by atoms with E-state index >= 15 is 0 Å². The molecule has 0 aromatic heterocycles. The van der Waals surface area contributed by atoms with E-state index in [0.717, 1.165) is 25.3 Å². The van der Waals surface area contributed by atoms with Gasteiger partial charge >= 0.3 is 11.9 Å². The van der Waals surface area contributed by atoms with Crippen molar-refractivity contribution in [3.05, 3.63) is 72.3 Å². The Kier molecular flexibility index (Phi) is 8.92. The lowest BCUT2D eigenvalue weighted by atomic mass is 10.1. The second-order valence-electron chi connectivity index (χ2n) is 6.24. The summed E-state index contributed by atoms with van der Waals surface area (Å²) in [5, 5.41) is 0. The predicted molar refractivity (Wildman–Crippen MR) is 109 cm³/mol. The molecule has 0 amide bonds. The van der Waals surface area contributed by atoms with Crippen LogP contribution in [0.5, 0.6) is 11.5 Å². The van der Waals surface area contributed by atoms with Gasteiger partial charge in [0, 0.05) is 11.6 Å². The zero-order valence-electron chi connectivity index (χ0n) is 16.8. The number of benzene rings is 2. The molecule has 0 fully saturated rings. The van der Waals surface area contributed by atoms with Gasteiger partial charge in [-0.2, -0.15) is 0 Å². The number of unbranched alkanes of at least 4 members (excludes halogenated alkanes) is 2. The Morgan fingerprint density at radius 1 is 1.00 bits per heavy atom. The van der Waals surface area contributed by atoms with Crippen LogP contribution in [-0.4, -0.2) is 25.7 Å². The van der Waals surface area contributed by atoms with Gasteiger partial charge in [0.1, 0.15) is 11.5 Å². The summed E-state index contributed by atoms with van der Waals surface area (Å²) < 4.78 is 21.4. The van der Waals surface area contributed by atoms with Gasteiger partial charge in [0.2, 0.25) is 6.29 Å². The molecule has 0 aliphatic heterocycles. The van der Waals surface area contributed by atoms with Crippen LogP contribution in [0.25, 0.3) is 0 Å². The minimum atomic E-state index is -0.857. The van der Waals surface area contributed by atoms with Crippen LogP contribution in [0.4, 0.5) is 0 Å². The lowest BCUT2D eigenvalue weighted by Gasteiger charge is -2.18. The van der Waals surface area contributed by atoms with Crippen LogP contribution in [0.3, 0.4) is 0 Å². The van der Waals surface area contributed by atoms with E-state index in [-0.39, 0.29) is 0 Å². The average Bonchev–Trinajstić information content (AvgIpc) is 2.76. The highest BCUT2D eigenvalue weighted by molar-refractivity contribution is 5.91. The van der Waals surface area contributed by atoms with Gasteiger partial charge in [0.05, 0.1) is 19.3 Å². The average molecular weight is 398 g/mol. The summed E-state index contributed by atoms with van der Waals surface area (Å²) in [4.78, 5) is 23.9. The Morgan fingerprint density at radius 2 is 1.66 bits per heavy atom. The van der Waals surface area contributed by atoms with Crippen LogP contribution in [-0.2, 0) is 14.3 Å². The van der Waals surface area contributed by atoms with Crippen molar-refractivity contribution in [2.75, 3.05) is 13.7 Å². The van der Waals surface area contributed by atoms with E-state index in [1.807, 2.05) is 0 Å². The molecule has 0 spiro atoms. The molecule has 0 radical (unpaired) electrons. The first-order chi connectivity index (χ1) is 14.1. The highest BCUT2D eigenvalue weighted by Gasteiger charge is 2.17. The number of rotatable bonds is 11. The Labute approximate surface area is 171 Å². The Morgan fingerprint density at radius 3 is 2.24 bits per heavy atom. The molecule has 2 aromatic rings. The second kappa shape index (κ2) is 11.7. The zero-order valence-corrected chi connectivity index (χ0v) is 16.8. The first-order valence-electron chi connectivity index (χ1n) is 9.48. The van der Waals surface area contributed by atoms with Gasteiger partial charge in [-0.25, -0.2) is 9.59 Å². The minimum absolute atomic E-state index is 0.365. The molecular formula is C23H26O6. The van der Waals surface area contributed by atoms with E-state index < -0.39 is 18.2 Å². The summed E-state index contributed by atoms with van der Waals surface area (Å²) in [6.07, 6.45) is 3.18. The largest absolute Gasteiger partial charge is 0.497 e. The summed E-state index contributed by atoms with van der Waals surface area (Å²) in [6.45, 7) is 5.96. The lowest BCUT2D eigenvalue weighted by Crippen LogP contribution is -2.14. The smallest absolute Gasteiger partial charge is 0.343 e. The third kappa shape index (κ3) is 7.08. The summed E-state index contributed by atoms with van der Waals surface area (Å²) >= 11 is 0. The summed E-state index contributed by atoms with van der Waals surface area (Å²) in [5.41, 5.74) is 0.988. The number of hydrogen-bond acceptors (Lipinski definition) is 6. The molecule has 1 atom stereocenters. The van der Waals surface area contributed by atoms with Gasteiger partial charge in [-0.1, -0.05) is 38.5 Å². The molecule has 6 nitrogen and oxygen atoms in total. The number of hydrogen-bond donors (Lipinski definition) is 0. The molecule has 154 valence electrons. The van der Waals surface area contributed by atoms with Gasteiger partial charge in [-0.15, -0.1) is 0 Å². The van der Waals surface area contributed by atoms with E-state index in [1.54, 1.807) is 55.6 Å². The minimum Gasteiger partial charge on any atom is -0.497 e. The molecule has 29 heavy (non-hydrogen) atoms. The van der Waals surface area contributed by atoms with E-state index in [9.17, 15) is 9.59 Å². The van der Waals surface area contributed by atoms with Crippen molar-refractivity contribution in [2.24, 2.45) is 0 Å². The monoisotopic (exact) mass is 398 g/mol. The maximum Gasteiger partial charge on any atom is 0.343 e. The Bertz CT molecular complexity index is 795. The second-order valence-corrected chi connectivity index (χ2v) is 6.24. The molecule has 0 N–H and O–H groups in total. The van der Waals surface area contributed by atoms with E-state index in [0.29, 0.717) is 29.2 Å². The number of carbonyl (C=O) groups excluding carboxylic acids is 2. The van der Waals surface area contributed by atoms with Crippen molar-refractivity contribution in [2.45, 2.75) is 32.5 Å². The molecule has 0 saturated carbocycles. The highest BCUT2D eigenvalue weighted by Crippen LogP contribution is 2.22. The fraction of sp³-hybridized carbons (Fsp3) is 0.304.